The highest BCUT2D eigenvalue weighted by atomic mass is 16.5. The molecule has 2 rings (SSSR count). The van der Waals surface area contributed by atoms with Gasteiger partial charge in [0, 0.05) is 0 Å². The van der Waals surface area contributed by atoms with E-state index in [1.807, 2.05) is 31.2 Å². The highest BCUT2D eigenvalue weighted by Crippen LogP contribution is 2.20. The average Bonchev–Trinajstić information content (AvgIpc) is 2.73. The molecule has 1 aromatic carbocycles. The number of carboxylic acids is 1. The topological polar surface area (TPSA) is 64.3 Å². The number of hydrogen-bond acceptors (Lipinski definition) is 3. The SMILES string of the molecule is COc1ncc(C(=O)O)n1-c1ccc(C)cc1. The van der Waals surface area contributed by atoms with Gasteiger partial charge in [0.2, 0.25) is 0 Å². The summed E-state index contributed by atoms with van der Waals surface area (Å²) < 4.78 is 6.51. The Hall–Kier alpha value is -2.30. The molecule has 5 nitrogen and oxygen atoms in total. The van der Waals surface area contributed by atoms with Crippen LogP contribution >= 0.6 is 0 Å². The molecule has 0 unspecified atom stereocenters. The highest BCUT2D eigenvalue weighted by Gasteiger charge is 2.17. The molecule has 0 saturated carbocycles. The number of imidazole rings is 1. The molecule has 0 radical (unpaired) electrons. The van der Waals surface area contributed by atoms with Crippen LogP contribution in [-0.4, -0.2) is 27.7 Å². The van der Waals surface area contributed by atoms with Gasteiger partial charge in [-0.05, 0) is 19.1 Å². The average molecular weight is 232 g/mol. The zero-order valence-electron chi connectivity index (χ0n) is 9.54. The third kappa shape index (κ3) is 1.99. The lowest BCUT2D eigenvalue weighted by atomic mass is 10.2. The molecule has 0 atom stereocenters. The second-order valence-corrected chi connectivity index (χ2v) is 3.61. The van der Waals surface area contributed by atoms with Gasteiger partial charge in [0.1, 0.15) is 0 Å². The number of rotatable bonds is 3. The van der Waals surface area contributed by atoms with Crippen LogP contribution in [-0.2, 0) is 0 Å². The van der Waals surface area contributed by atoms with E-state index in [0.29, 0.717) is 5.69 Å². The molecule has 2 aromatic rings. The molecule has 0 aliphatic carbocycles. The van der Waals surface area contributed by atoms with E-state index in [0.717, 1.165) is 5.56 Å². The van der Waals surface area contributed by atoms with Crippen molar-refractivity contribution in [3.8, 4) is 11.7 Å². The minimum absolute atomic E-state index is 0.0747. The number of ether oxygens (including phenoxy) is 1. The van der Waals surface area contributed by atoms with E-state index in [9.17, 15) is 4.79 Å². The second kappa shape index (κ2) is 4.29. The Kier molecular flexibility index (Phi) is 2.82. The number of nitrogens with zero attached hydrogens (tertiary/aromatic N) is 2. The summed E-state index contributed by atoms with van der Waals surface area (Å²) in [5, 5.41) is 9.07. The number of carboxylic acid groups (broad SMARTS) is 1. The lowest BCUT2D eigenvalue weighted by Gasteiger charge is -2.08. The van der Waals surface area contributed by atoms with Crippen molar-refractivity contribution >= 4 is 5.97 Å². The summed E-state index contributed by atoms with van der Waals surface area (Å²) in [6.45, 7) is 1.97. The number of carbonyl (C=O) groups is 1. The summed E-state index contributed by atoms with van der Waals surface area (Å²) >= 11 is 0. The van der Waals surface area contributed by atoms with Crippen LogP contribution in [0.1, 0.15) is 16.1 Å². The van der Waals surface area contributed by atoms with Crippen molar-refractivity contribution in [3.63, 3.8) is 0 Å². The van der Waals surface area contributed by atoms with E-state index < -0.39 is 5.97 Å². The molecule has 0 spiro atoms. The molecular weight excluding hydrogens is 220 g/mol. The first-order chi connectivity index (χ1) is 8.13. The number of aromatic nitrogens is 2. The maximum absolute atomic E-state index is 11.1. The van der Waals surface area contributed by atoms with Crippen molar-refractivity contribution in [1.82, 2.24) is 9.55 Å². The van der Waals surface area contributed by atoms with E-state index in [-0.39, 0.29) is 11.7 Å². The Labute approximate surface area is 98.3 Å². The Balaban J connectivity index is 2.59. The van der Waals surface area contributed by atoms with E-state index >= 15 is 0 Å². The fraction of sp³-hybridized carbons (Fsp3) is 0.167. The predicted octanol–water partition coefficient (Wildman–Crippen LogP) is 1.89. The number of aromatic carboxylic acids is 1. The molecule has 1 heterocycles. The van der Waals surface area contributed by atoms with E-state index in [4.69, 9.17) is 9.84 Å². The minimum atomic E-state index is -1.04. The monoisotopic (exact) mass is 232 g/mol. The minimum Gasteiger partial charge on any atom is -0.477 e. The molecule has 0 aliphatic rings. The first-order valence-corrected chi connectivity index (χ1v) is 5.05. The normalized spacial score (nSPS) is 10.2. The third-order valence-electron chi connectivity index (χ3n) is 2.42. The van der Waals surface area contributed by atoms with Crippen molar-refractivity contribution in [2.75, 3.05) is 7.11 Å². The fourth-order valence-corrected chi connectivity index (χ4v) is 1.57. The van der Waals surface area contributed by atoms with E-state index in [1.54, 1.807) is 0 Å². The third-order valence-corrected chi connectivity index (χ3v) is 2.42. The van der Waals surface area contributed by atoms with Crippen LogP contribution in [0.3, 0.4) is 0 Å². The predicted molar refractivity (Wildman–Crippen MR) is 61.8 cm³/mol. The molecule has 0 bridgehead atoms. The van der Waals surface area contributed by atoms with Crippen LogP contribution in [0.2, 0.25) is 0 Å². The number of aryl methyl sites for hydroxylation is 1. The van der Waals surface area contributed by atoms with Crippen LogP contribution in [0.5, 0.6) is 6.01 Å². The Morgan fingerprint density at radius 1 is 1.35 bits per heavy atom. The van der Waals surface area contributed by atoms with Gasteiger partial charge in [0.05, 0.1) is 19.0 Å². The maximum atomic E-state index is 11.1. The van der Waals surface area contributed by atoms with Crippen LogP contribution < -0.4 is 4.74 Å². The molecule has 0 aliphatic heterocycles. The Bertz CT molecular complexity index is 543. The maximum Gasteiger partial charge on any atom is 0.354 e. The standard InChI is InChI=1S/C12H12N2O3/c1-8-3-5-9(6-4-8)14-10(11(15)16)7-13-12(14)17-2/h3-7H,1-2H3,(H,15,16). The molecule has 5 heteroatoms. The van der Waals surface area contributed by atoms with Crippen molar-refractivity contribution in [2.45, 2.75) is 6.92 Å². The molecule has 1 aromatic heterocycles. The van der Waals surface area contributed by atoms with Gasteiger partial charge in [-0.25, -0.2) is 9.78 Å². The van der Waals surface area contributed by atoms with E-state index in [2.05, 4.69) is 4.98 Å². The molecule has 88 valence electrons. The van der Waals surface area contributed by atoms with Crippen molar-refractivity contribution < 1.29 is 14.6 Å². The first-order valence-electron chi connectivity index (χ1n) is 5.05. The molecule has 1 N–H and O–H groups in total. The van der Waals surface area contributed by atoms with Crippen molar-refractivity contribution in [3.05, 3.63) is 41.7 Å². The Morgan fingerprint density at radius 2 is 2.00 bits per heavy atom. The molecular formula is C12H12N2O3. The number of methoxy groups -OCH3 is 1. The molecule has 17 heavy (non-hydrogen) atoms. The van der Waals surface area contributed by atoms with Gasteiger partial charge in [-0.3, -0.25) is 4.57 Å². The van der Waals surface area contributed by atoms with Crippen LogP contribution in [0.4, 0.5) is 0 Å². The van der Waals surface area contributed by atoms with Gasteiger partial charge < -0.3 is 9.84 Å². The van der Waals surface area contributed by atoms with Gasteiger partial charge in [-0.15, -0.1) is 0 Å². The summed E-state index contributed by atoms with van der Waals surface area (Å²) in [7, 11) is 1.46. The van der Waals surface area contributed by atoms with Gasteiger partial charge >= 0.3 is 12.0 Å². The van der Waals surface area contributed by atoms with E-state index in [1.165, 1.54) is 17.9 Å². The number of hydrogen-bond donors (Lipinski definition) is 1. The highest BCUT2D eigenvalue weighted by molar-refractivity contribution is 5.86. The first kappa shape index (κ1) is 11.2. The summed E-state index contributed by atoms with van der Waals surface area (Å²) in [6.07, 6.45) is 1.28. The molecule has 0 fully saturated rings. The van der Waals surface area contributed by atoms with Gasteiger partial charge in [-0.2, -0.15) is 0 Å². The lowest BCUT2D eigenvalue weighted by Crippen LogP contribution is -2.07. The van der Waals surface area contributed by atoms with Gasteiger partial charge in [-0.1, -0.05) is 17.7 Å². The summed E-state index contributed by atoms with van der Waals surface area (Å²) in [5.41, 5.74) is 1.89. The van der Waals surface area contributed by atoms with Crippen LogP contribution in [0.25, 0.3) is 5.69 Å². The Morgan fingerprint density at radius 3 is 2.53 bits per heavy atom. The number of benzene rings is 1. The van der Waals surface area contributed by atoms with Gasteiger partial charge in [0.25, 0.3) is 0 Å². The van der Waals surface area contributed by atoms with Crippen molar-refractivity contribution in [1.29, 1.82) is 0 Å². The summed E-state index contributed by atoms with van der Waals surface area (Å²) in [5.74, 6) is -1.04. The lowest BCUT2D eigenvalue weighted by molar-refractivity contribution is 0.0687. The van der Waals surface area contributed by atoms with Crippen molar-refractivity contribution in [2.24, 2.45) is 0 Å². The van der Waals surface area contributed by atoms with Crippen LogP contribution in [0.15, 0.2) is 30.5 Å². The molecule has 0 amide bonds. The fourth-order valence-electron chi connectivity index (χ4n) is 1.57. The zero-order chi connectivity index (χ0) is 12.4. The van der Waals surface area contributed by atoms with Gasteiger partial charge in [0.15, 0.2) is 5.69 Å². The summed E-state index contributed by atoms with van der Waals surface area (Å²) in [4.78, 5) is 15.0. The quantitative estimate of drug-likeness (QED) is 0.877. The molecule has 0 saturated heterocycles. The summed E-state index contributed by atoms with van der Waals surface area (Å²) in [6, 6.07) is 7.71. The largest absolute Gasteiger partial charge is 0.477 e. The smallest absolute Gasteiger partial charge is 0.354 e. The second-order valence-electron chi connectivity index (χ2n) is 3.61. The van der Waals surface area contributed by atoms with Crippen LogP contribution in [0, 0.1) is 6.92 Å². The zero-order valence-corrected chi connectivity index (χ0v) is 9.54.